The van der Waals surface area contributed by atoms with Crippen LogP contribution in [0.3, 0.4) is 0 Å². The van der Waals surface area contributed by atoms with Crippen LogP contribution in [0.5, 0.6) is 0 Å². The SMILES string of the molecule is NCCc1cc(=O)[nH]c(Cc2cc(F)cc(F)c2)n1. The number of nitrogens with zero attached hydrogens (tertiary/aromatic N) is 1. The van der Waals surface area contributed by atoms with Crippen molar-refractivity contribution < 1.29 is 8.78 Å². The van der Waals surface area contributed by atoms with Crippen molar-refractivity contribution in [1.82, 2.24) is 9.97 Å². The monoisotopic (exact) mass is 265 g/mol. The number of rotatable bonds is 4. The first kappa shape index (κ1) is 13.4. The summed E-state index contributed by atoms with van der Waals surface area (Å²) in [5.41, 5.74) is 6.08. The zero-order valence-electron chi connectivity index (χ0n) is 10.1. The lowest BCUT2D eigenvalue weighted by atomic mass is 10.1. The summed E-state index contributed by atoms with van der Waals surface area (Å²) in [5, 5.41) is 0. The first-order chi connectivity index (χ1) is 9.06. The van der Waals surface area contributed by atoms with E-state index in [4.69, 9.17) is 5.73 Å². The zero-order valence-corrected chi connectivity index (χ0v) is 10.1. The number of aromatic amines is 1. The standard InChI is InChI=1S/C13H13F2N3O/c14-9-3-8(4-10(15)6-9)5-12-17-11(1-2-16)7-13(19)18-12/h3-4,6-7H,1-2,5,16H2,(H,17,18,19). The van der Waals surface area contributed by atoms with Crippen LogP contribution >= 0.6 is 0 Å². The van der Waals surface area contributed by atoms with Gasteiger partial charge in [0.1, 0.15) is 17.5 Å². The summed E-state index contributed by atoms with van der Waals surface area (Å²) < 4.78 is 26.1. The zero-order chi connectivity index (χ0) is 13.8. The van der Waals surface area contributed by atoms with E-state index in [0.29, 0.717) is 30.0 Å². The lowest BCUT2D eigenvalue weighted by Crippen LogP contribution is -2.15. The molecule has 19 heavy (non-hydrogen) atoms. The number of halogens is 2. The van der Waals surface area contributed by atoms with Crippen LogP contribution in [-0.4, -0.2) is 16.5 Å². The van der Waals surface area contributed by atoms with Crippen molar-refractivity contribution in [3.63, 3.8) is 0 Å². The third-order valence-electron chi connectivity index (χ3n) is 2.54. The van der Waals surface area contributed by atoms with E-state index in [0.717, 1.165) is 6.07 Å². The first-order valence-electron chi connectivity index (χ1n) is 5.81. The van der Waals surface area contributed by atoms with E-state index in [1.165, 1.54) is 18.2 Å². The van der Waals surface area contributed by atoms with Crippen LogP contribution in [0.25, 0.3) is 0 Å². The minimum absolute atomic E-state index is 0.155. The van der Waals surface area contributed by atoms with Gasteiger partial charge in [0.25, 0.3) is 5.56 Å². The van der Waals surface area contributed by atoms with Gasteiger partial charge in [0.15, 0.2) is 0 Å². The van der Waals surface area contributed by atoms with Crippen LogP contribution in [0.4, 0.5) is 8.78 Å². The van der Waals surface area contributed by atoms with E-state index >= 15 is 0 Å². The minimum Gasteiger partial charge on any atom is -0.330 e. The Hall–Kier alpha value is -2.08. The normalized spacial score (nSPS) is 10.7. The van der Waals surface area contributed by atoms with Crippen molar-refractivity contribution in [2.75, 3.05) is 6.54 Å². The van der Waals surface area contributed by atoms with Gasteiger partial charge in [-0.15, -0.1) is 0 Å². The predicted molar refractivity (Wildman–Crippen MR) is 66.8 cm³/mol. The molecule has 100 valence electrons. The van der Waals surface area contributed by atoms with Gasteiger partial charge < -0.3 is 10.7 Å². The van der Waals surface area contributed by atoms with E-state index < -0.39 is 11.6 Å². The van der Waals surface area contributed by atoms with Gasteiger partial charge in [-0.25, -0.2) is 13.8 Å². The Bertz CT molecular complexity index is 620. The number of aromatic nitrogens is 2. The summed E-state index contributed by atoms with van der Waals surface area (Å²) in [7, 11) is 0. The molecule has 4 nitrogen and oxygen atoms in total. The maximum atomic E-state index is 13.1. The van der Waals surface area contributed by atoms with Gasteiger partial charge in [-0.2, -0.15) is 0 Å². The van der Waals surface area contributed by atoms with Crippen molar-refractivity contribution in [2.45, 2.75) is 12.8 Å². The van der Waals surface area contributed by atoms with E-state index in [2.05, 4.69) is 9.97 Å². The van der Waals surface area contributed by atoms with Gasteiger partial charge in [0, 0.05) is 30.7 Å². The molecule has 0 saturated heterocycles. The minimum atomic E-state index is -0.657. The molecule has 0 aliphatic rings. The van der Waals surface area contributed by atoms with Crippen LogP contribution in [0.15, 0.2) is 29.1 Å². The number of H-pyrrole nitrogens is 1. The molecular weight excluding hydrogens is 252 g/mol. The lowest BCUT2D eigenvalue weighted by molar-refractivity contribution is 0.580. The average Bonchev–Trinajstić information content (AvgIpc) is 2.26. The smallest absolute Gasteiger partial charge is 0.251 e. The van der Waals surface area contributed by atoms with Crippen LogP contribution in [0.1, 0.15) is 17.1 Å². The highest BCUT2D eigenvalue weighted by Gasteiger charge is 2.05. The Morgan fingerprint density at radius 1 is 1.16 bits per heavy atom. The average molecular weight is 265 g/mol. The van der Waals surface area contributed by atoms with Crippen molar-refractivity contribution >= 4 is 0 Å². The molecule has 0 fully saturated rings. The van der Waals surface area contributed by atoms with E-state index in [9.17, 15) is 13.6 Å². The molecule has 0 aliphatic carbocycles. The second-order valence-corrected chi connectivity index (χ2v) is 4.18. The molecule has 1 aromatic heterocycles. The number of nitrogens with two attached hydrogens (primary N) is 1. The number of nitrogens with one attached hydrogen (secondary N) is 1. The highest BCUT2D eigenvalue weighted by Crippen LogP contribution is 2.10. The summed E-state index contributed by atoms with van der Waals surface area (Å²) in [5.74, 6) is -0.952. The van der Waals surface area contributed by atoms with Gasteiger partial charge in [-0.05, 0) is 24.2 Å². The predicted octanol–water partition coefficient (Wildman–Crippen LogP) is 1.14. The summed E-state index contributed by atoms with van der Waals surface area (Å²) >= 11 is 0. The van der Waals surface area contributed by atoms with E-state index in [1.807, 2.05) is 0 Å². The third-order valence-corrected chi connectivity index (χ3v) is 2.54. The van der Waals surface area contributed by atoms with E-state index in [1.54, 1.807) is 0 Å². The Morgan fingerprint density at radius 3 is 2.47 bits per heavy atom. The molecule has 2 aromatic rings. The molecule has 1 aromatic carbocycles. The molecule has 0 saturated carbocycles. The second-order valence-electron chi connectivity index (χ2n) is 4.18. The quantitative estimate of drug-likeness (QED) is 0.870. The molecule has 0 atom stereocenters. The summed E-state index contributed by atoms with van der Waals surface area (Å²) in [6, 6.07) is 4.57. The molecule has 1 heterocycles. The molecule has 0 aliphatic heterocycles. The highest BCUT2D eigenvalue weighted by molar-refractivity contribution is 5.21. The Balaban J connectivity index is 2.29. The molecular formula is C13H13F2N3O. The van der Waals surface area contributed by atoms with Gasteiger partial charge >= 0.3 is 0 Å². The van der Waals surface area contributed by atoms with Crippen LogP contribution in [0, 0.1) is 11.6 Å². The van der Waals surface area contributed by atoms with Crippen molar-refractivity contribution in [1.29, 1.82) is 0 Å². The van der Waals surface area contributed by atoms with Crippen molar-refractivity contribution in [3.05, 3.63) is 63.3 Å². The second kappa shape index (κ2) is 5.71. The Kier molecular flexibility index (Phi) is 4.01. The topological polar surface area (TPSA) is 71.8 Å². The number of hydrogen-bond acceptors (Lipinski definition) is 3. The largest absolute Gasteiger partial charge is 0.330 e. The maximum absolute atomic E-state index is 13.1. The van der Waals surface area contributed by atoms with Crippen LogP contribution in [0.2, 0.25) is 0 Å². The van der Waals surface area contributed by atoms with E-state index in [-0.39, 0.29) is 12.0 Å². The molecule has 0 bridgehead atoms. The van der Waals surface area contributed by atoms with Gasteiger partial charge in [-0.3, -0.25) is 4.79 Å². The summed E-state index contributed by atoms with van der Waals surface area (Å²) in [4.78, 5) is 18.2. The molecule has 2 rings (SSSR count). The van der Waals surface area contributed by atoms with Gasteiger partial charge in [0.2, 0.25) is 0 Å². The molecule has 0 amide bonds. The molecule has 0 spiro atoms. The summed E-state index contributed by atoms with van der Waals surface area (Å²) in [6.45, 7) is 0.379. The fourth-order valence-corrected chi connectivity index (χ4v) is 1.83. The lowest BCUT2D eigenvalue weighted by Gasteiger charge is -2.04. The molecule has 0 unspecified atom stereocenters. The fourth-order valence-electron chi connectivity index (χ4n) is 1.83. The number of hydrogen-bond donors (Lipinski definition) is 2. The molecule has 6 heteroatoms. The Morgan fingerprint density at radius 2 is 1.84 bits per heavy atom. The molecule has 0 radical (unpaired) electrons. The van der Waals surface area contributed by atoms with Crippen LogP contribution < -0.4 is 11.3 Å². The summed E-state index contributed by atoms with van der Waals surface area (Å²) in [6.07, 6.45) is 0.636. The number of benzene rings is 1. The maximum Gasteiger partial charge on any atom is 0.251 e. The van der Waals surface area contributed by atoms with Crippen molar-refractivity contribution in [2.24, 2.45) is 5.73 Å². The fraction of sp³-hybridized carbons (Fsp3) is 0.231. The first-order valence-corrected chi connectivity index (χ1v) is 5.81. The highest BCUT2D eigenvalue weighted by atomic mass is 19.1. The van der Waals surface area contributed by atoms with Gasteiger partial charge in [-0.1, -0.05) is 0 Å². The molecule has 3 N–H and O–H groups in total. The third kappa shape index (κ3) is 3.69. The van der Waals surface area contributed by atoms with Crippen LogP contribution in [-0.2, 0) is 12.8 Å². The Labute approximate surface area is 108 Å². The van der Waals surface area contributed by atoms with Crippen molar-refractivity contribution in [3.8, 4) is 0 Å². The van der Waals surface area contributed by atoms with Gasteiger partial charge in [0.05, 0.1) is 0 Å².